The van der Waals surface area contributed by atoms with Crippen LogP contribution in [0.2, 0.25) is 0 Å². The highest BCUT2D eigenvalue weighted by molar-refractivity contribution is 5.88. The predicted molar refractivity (Wildman–Crippen MR) is 60.6 cm³/mol. The smallest absolute Gasteiger partial charge is 0.240 e. The van der Waals surface area contributed by atoms with Crippen LogP contribution in [0.4, 0.5) is 0 Å². The third-order valence-electron chi connectivity index (χ3n) is 2.77. The molecule has 0 unspecified atom stereocenters. The van der Waals surface area contributed by atoms with Gasteiger partial charge < -0.3 is 10.1 Å². The van der Waals surface area contributed by atoms with Gasteiger partial charge in [-0.15, -0.1) is 0 Å². The number of amides is 1. The van der Waals surface area contributed by atoms with E-state index < -0.39 is 5.41 Å². The van der Waals surface area contributed by atoms with Gasteiger partial charge >= 0.3 is 0 Å². The molecule has 0 saturated heterocycles. The number of hydrogen-bond acceptors (Lipinski definition) is 3. The van der Waals surface area contributed by atoms with E-state index in [4.69, 9.17) is 10.00 Å². The van der Waals surface area contributed by atoms with Gasteiger partial charge in [0, 0.05) is 13.2 Å². The van der Waals surface area contributed by atoms with Gasteiger partial charge in [-0.3, -0.25) is 4.79 Å². The van der Waals surface area contributed by atoms with Crippen molar-refractivity contribution in [3.8, 4) is 6.07 Å². The lowest BCUT2D eigenvalue weighted by atomic mass is 10.1. The van der Waals surface area contributed by atoms with Crippen LogP contribution >= 0.6 is 0 Å². The molecule has 1 N–H and O–H groups in total. The fourth-order valence-corrected chi connectivity index (χ4v) is 1.34. The minimum Gasteiger partial charge on any atom is -0.380 e. The van der Waals surface area contributed by atoms with Gasteiger partial charge in [0.05, 0.1) is 12.7 Å². The Labute approximate surface area is 97.0 Å². The average molecular weight is 224 g/mol. The molecule has 0 radical (unpaired) electrons. The van der Waals surface area contributed by atoms with Crippen molar-refractivity contribution in [2.45, 2.75) is 33.1 Å². The number of carbonyl (C=O) groups excluding carboxylic acids is 1. The highest BCUT2D eigenvalue weighted by Crippen LogP contribution is 2.44. The molecule has 90 valence electrons. The van der Waals surface area contributed by atoms with Crippen LogP contribution in [0, 0.1) is 22.7 Å². The molecular formula is C12H20N2O2. The molecule has 1 amide bonds. The Morgan fingerprint density at radius 1 is 1.50 bits per heavy atom. The number of hydrogen-bond donors (Lipinski definition) is 1. The molecule has 1 saturated carbocycles. The first-order valence-corrected chi connectivity index (χ1v) is 5.88. The molecule has 0 aromatic rings. The molecule has 0 aliphatic heterocycles. The molecule has 4 heteroatoms. The lowest BCUT2D eigenvalue weighted by molar-refractivity contribution is -0.124. The first-order valence-electron chi connectivity index (χ1n) is 5.88. The molecule has 16 heavy (non-hydrogen) atoms. The summed E-state index contributed by atoms with van der Waals surface area (Å²) in [4.78, 5) is 11.5. The van der Waals surface area contributed by atoms with Crippen molar-refractivity contribution in [2.24, 2.45) is 11.3 Å². The maximum atomic E-state index is 11.5. The van der Waals surface area contributed by atoms with Crippen molar-refractivity contribution in [3.05, 3.63) is 0 Å². The molecule has 0 heterocycles. The standard InChI is InChI=1S/C12H20N2O2/c1-10(2)3-7-16-8-6-14-11(15)12(9-13)4-5-12/h10H,3-8H2,1-2H3,(H,14,15). The summed E-state index contributed by atoms with van der Waals surface area (Å²) in [6.07, 6.45) is 2.43. The second kappa shape index (κ2) is 5.86. The zero-order chi connectivity index (χ0) is 12.0. The van der Waals surface area contributed by atoms with Crippen LogP contribution in [0.5, 0.6) is 0 Å². The van der Waals surface area contributed by atoms with Crippen molar-refractivity contribution >= 4 is 5.91 Å². The second-order valence-corrected chi connectivity index (χ2v) is 4.74. The van der Waals surface area contributed by atoms with E-state index in [0.29, 0.717) is 31.9 Å². The highest BCUT2D eigenvalue weighted by atomic mass is 16.5. The summed E-state index contributed by atoms with van der Waals surface area (Å²) in [5.74, 6) is 0.505. The first-order chi connectivity index (χ1) is 7.60. The number of nitriles is 1. The summed E-state index contributed by atoms with van der Waals surface area (Å²) >= 11 is 0. The Morgan fingerprint density at radius 2 is 2.19 bits per heavy atom. The summed E-state index contributed by atoms with van der Waals surface area (Å²) in [6, 6.07) is 2.07. The quantitative estimate of drug-likeness (QED) is 0.666. The maximum absolute atomic E-state index is 11.5. The van der Waals surface area contributed by atoms with Crippen molar-refractivity contribution in [1.82, 2.24) is 5.32 Å². The lowest BCUT2D eigenvalue weighted by Crippen LogP contribution is -2.33. The monoisotopic (exact) mass is 224 g/mol. The normalized spacial score (nSPS) is 16.9. The van der Waals surface area contributed by atoms with Crippen molar-refractivity contribution in [2.75, 3.05) is 19.8 Å². The molecule has 1 rings (SSSR count). The zero-order valence-electron chi connectivity index (χ0n) is 10.1. The van der Waals surface area contributed by atoms with Crippen LogP contribution in [0.15, 0.2) is 0 Å². The SMILES string of the molecule is CC(C)CCOCCNC(=O)C1(C#N)CC1. The molecular weight excluding hydrogens is 204 g/mol. The predicted octanol–water partition coefficient (Wildman–Crippen LogP) is 1.47. The maximum Gasteiger partial charge on any atom is 0.240 e. The van der Waals surface area contributed by atoms with E-state index >= 15 is 0 Å². The van der Waals surface area contributed by atoms with Gasteiger partial charge in [-0.1, -0.05) is 13.8 Å². The van der Waals surface area contributed by atoms with E-state index in [-0.39, 0.29) is 5.91 Å². The van der Waals surface area contributed by atoms with Crippen LogP contribution in [0.25, 0.3) is 0 Å². The van der Waals surface area contributed by atoms with Crippen LogP contribution in [0.1, 0.15) is 33.1 Å². The summed E-state index contributed by atoms with van der Waals surface area (Å²) in [5.41, 5.74) is -0.710. The van der Waals surface area contributed by atoms with E-state index in [1.807, 2.05) is 0 Å². The Bertz CT molecular complexity index is 277. The number of nitrogens with one attached hydrogen (secondary N) is 1. The fraction of sp³-hybridized carbons (Fsp3) is 0.833. The first kappa shape index (κ1) is 13.0. The topological polar surface area (TPSA) is 62.1 Å². The van der Waals surface area contributed by atoms with Crippen LogP contribution in [0.3, 0.4) is 0 Å². The van der Waals surface area contributed by atoms with Crippen LogP contribution < -0.4 is 5.32 Å². The van der Waals surface area contributed by atoms with Gasteiger partial charge in [0.1, 0.15) is 5.41 Å². The minimum absolute atomic E-state index is 0.137. The average Bonchev–Trinajstić information content (AvgIpc) is 3.03. The summed E-state index contributed by atoms with van der Waals surface area (Å²) in [7, 11) is 0. The number of rotatable bonds is 7. The van der Waals surface area contributed by atoms with Gasteiger partial charge in [-0.25, -0.2) is 0 Å². The summed E-state index contributed by atoms with van der Waals surface area (Å²) in [6.45, 7) is 6.06. The molecule has 0 aromatic carbocycles. The molecule has 1 fully saturated rings. The number of ether oxygens (including phenoxy) is 1. The lowest BCUT2D eigenvalue weighted by Gasteiger charge is -2.09. The number of nitrogens with zero attached hydrogens (tertiary/aromatic N) is 1. The van der Waals surface area contributed by atoms with E-state index in [2.05, 4.69) is 25.2 Å². The molecule has 0 spiro atoms. The van der Waals surface area contributed by atoms with Gasteiger partial charge in [-0.2, -0.15) is 5.26 Å². The number of carbonyl (C=O) groups is 1. The van der Waals surface area contributed by atoms with Gasteiger partial charge in [0.25, 0.3) is 0 Å². The molecule has 0 aromatic heterocycles. The Balaban J connectivity index is 2.00. The van der Waals surface area contributed by atoms with Crippen LogP contribution in [-0.2, 0) is 9.53 Å². The largest absolute Gasteiger partial charge is 0.380 e. The third kappa shape index (κ3) is 3.82. The Kier molecular flexibility index (Phi) is 4.75. The van der Waals surface area contributed by atoms with E-state index in [1.165, 1.54) is 0 Å². The Hall–Kier alpha value is -1.08. The fourth-order valence-electron chi connectivity index (χ4n) is 1.34. The van der Waals surface area contributed by atoms with E-state index in [9.17, 15) is 4.79 Å². The van der Waals surface area contributed by atoms with Gasteiger partial charge in [-0.05, 0) is 25.2 Å². The Morgan fingerprint density at radius 3 is 2.69 bits per heavy atom. The van der Waals surface area contributed by atoms with Gasteiger partial charge in [0.2, 0.25) is 5.91 Å². The molecule has 4 nitrogen and oxygen atoms in total. The van der Waals surface area contributed by atoms with Crippen LogP contribution in [-0.4, -0.2) is 25.7 Å². The van der Waals surface area contributed by atoms with Crippen molar-refractivity contribution < 1.29 is 9.53 Å². The second-order valence-electron chi connectivity index (χ2n) is 4.74. The molecule has 0 bridgehead atoms. The zero-order valence-corrected chi connectivity index (χ0v) is 10.1. The summed E-state index contributed by atoms with van der Waals surface area (Å²) in [5, 5.41) is 11.5. The summed E-state index contributed by atoms with van der Waals surface area (Å²) < 4.78 is 5.36. The molecule has 0 atom stereocenters. The minimum atomic E-state index is -0.710. The van der Waals surface area contributed by atoms with Crippen molar-refractivity contribution in [1.29, 1.82) is 5.26 Å². The van der Waals surface area contributed by atoms with E-state index in [1.54, 1.807) is 0 Å². The molecule has 1 aliphatic carbocycles. The third-order valence-corrected chi connectivity index (χ3v) is 2.77. The van der Waals surface area contributed by atoms with Gasteiger partial charge in [0.15, 0.2) is 0 Å². The molecule has 1 aliphatic rings. The highest BCUT2D eigenvalue weighted by Gasteiger charge is 2.50. The van der Waals surface area contributed by atoms with E-state index in [0.717, 1.165) is 13.0 Å². The van der Waals surface area contributed by atoms with Crippen molar-refractivity contribution in [3.63, 3.8) is 0 Å².